The Morgan fingerprint density at radius 3 is 3.11 bits per heavy atom. The maximum atomic E-state index is 12.1. The molecular formula is C9H7N7OS. The Balaban J connectivity index is 1.89. The first-order valence-corrected chi connectivity index (χ1v) is 5.84. The van der Waals surface area contributed by atoms with Crippen LogP contribution < -0.4 is 5.32 Å². The summed E-state index contributed by atoms with van der Waals surface area (Å²) < 4.78 is 1.44. The average Bonchev–Trinajstić information content (AvgIpc) is 3.11. The molecule has 0 fully saturated rings. The number of aromatic amines is 1. The molecule has 0 saturated carbocycles. The molecule has 90 valence electrons. The van der Waals surface area contributed by atoms with Crippen molar-refractivity contribution in [3.63, 3.8) is 0 Å². The molecule has 3 heterocycles. The Morgan fingerprint density at radius 1 is 1.44 bits per heavy atom. The molecule has 1 amide bonds. The molecule has 9 heteroatoms. The molecule has 0 bridgehead atoms. The van der Waals surface area contributed by atoms with Gasteiger partial charge in [0.1, 0.15) is 17.0 Å². The second-order valence-electron chi connectivity index (χ2n) is 3.31. The molecule has 0 aliphatic rings. The van der Waals surface area contributed by atoms with E-state index in [1.807, 2.05) is 0 Å². The Hall–Kier alpha value is -2.55. The van der Waals surface area contributed by atoms with Crippen LogP contribution in [-0.2, 0) is 0 Å². The van der Waals surface area contributed by atoms with Crippen LogP contribution in [0.3, 0.4) is 0 Å². The van der Waals surface area contributed by atoms with Gasteiger partial charge in [0.2, 0.25) is 0 Å². The number of carbonyl (C=O) groups excluding carboxylic acids is 1. The standard InChI is InChI=1S/C9H7N7OS/c17-9(12-7-1-3-10-13-7)8-6(2-4-18-8)16-5-11-14-15-16/h1-5H,(H2,10,12,13,17). The van der Waals surface area contributed by atoms with Gasteiger partial charge in [0.15, 0.2) is 0 Å². The van der Waals surface area contributed by atoms with E-state index in [9.17, 15) is 4.79 Å². The minimum atomic E-state index is -0.236. The number of hydrogen-bond acceptors (Lipinski definition) is 6. The van der Waals surface area contributed by atoms with Crippen molar-refractivity contribution in [3.8, 4) is 5.69 Å². The summed E-state index contributed by atoms with van der Waals surface area (Å²) in [6.45, 7) is 0. The third-order valence-corrected chi connectivity index (χ3v) is 3.10. The van der Waals surface area contributed by atoms with Gasteiger partial charge in [-0.15, -0.1) is 16.4 Å². The molecule has 8 nitrogen and oxygen atoms in total. The van der Waals surface area contributed by atoms with Crippen molar-refractivity contribution in [2.24, 2.45) is 0 Å². The molecule has 3 aromatic heterocycles. The van der Waals surface area contributed by atoms with Gasteiger partial charge in [-0.2, -0.15) is 9.78 Å². The monoisotopic (exact) mass is 261 g/mol. The summed E-state index contributed by atoms with van der Waals surface area (Å²) in [5.41, 5.74) is 0.641. The Kier molecular flexibility index (Phi) is 2.57. The van der Waals surface area contributed by atoms with Crippen molar-refractivity contribution >= 4 is 23.1 Å². The number of amides is 1. The number of anilines is 1. The molecule has 0 spiro atoms. The van der Waals surface area contributed by atoms with E-state index >= 15 is 0 Å². The maximum Gasteiger partial charge on any atom is 0.269 e. The smallest absolute Gasteiger partial charge is 0.269 e. The van der Waals surface area contributed by atoms with Gasteiger partial charge >= 0.3 is 0 Å². The highest BCUT2D eigenvalue weighted by Gasteiger charge is 2.15. The fourth-order valence-corrected chi connectivity index (χ4v) is 2.20. The molecule has 0 saturated heterocycles. The lowest BCUT2D eigenvalue weighted by Crippen LogP contribution is -2.13. The summed E-state index contributed by atoms with van der Waals surface area (Å²) >= 11 is 1.32. The van der Waals surface area contributed by atoms with Crippen molar-refractivity contribution in [2.45, 2.75) is 0 Å². The van der Waals surface area contributed by atoms with E-state index in [4.69, 9.17) is 0 Å². The van der Waals surface area contributed by atoms with E-state index in [2.05, 4.69) is 31.0 Å². The van der Waals surface area contributed by atoms with Crippen molar-refractivity contribution in [1.82, 2.24) is 30.4 Å². The van der Waals surface area contributed by atoms with E-state index in [-0.39, 0.29) is 5.91 Å². The molecule has 0 atom stereocenters. The maximum absolute atomic E-state index is 12.1. The summed E-state index contributed by atoms with van der Waals surface area (Å²) in [6, 6.07) is 3.45. The van der Waals surface area contributed by atoms with Crippen LogP contribution in [0.25, 0.3) is 5.69 Å². The zero-order valence-corrected chi connectivity index (χ0v) is 9.76. The molecule has 3 rings (SSSR count). The first-order chi connectivity index (χ1) is 8.84. The molecule has 0 aliphatic carbocycles. The topological polar surface area (TPSA) is 101 Å². The predicted octanol–water partition coefficient (Wildman–Crippen LogP) is 0.699. The van der Waals surface area contributed by atoms with Gasteiger partial charge < -0.3 is 5.32 Å². The second kappa shape index (κ2) is 4.37. The number of nitrogens with zero attached hydrogens (tertiary/aromatic N) is 5. The van der Waals surface area contributed by atoms with Gasteiger partial charge in [-0.25, -0.2) is 0 Å². The average molecular weight is 261 g/mol. The summed E-state index contributed by atoms with van der Waals surface area (Å²) in [5, 5.41) is 21.8. The van der Waals surface area contributed by atoms with Crippen LogP contribution in [0.15, 0.2) is 30.0 Å². The van der Waals surface area contributed by atoms with E-state index < -0.39 is 0 Å². The number of hydrogen-bond donors (Lipinski definition) is 2. The van der Waals surface area contributed by atoms with Gasteiger partial charge in [0.05, 0.1) is 11.9 Å². The van der Waals surface area contributed by atoms with Crippen LogP contribution in [0.1, 0.15) is 9.67 Å². The lowest BCUT2D eigenvalue weighted by molar-refractivity contribution is 0.103. The normalized spacial score (nSPS) is 10.4. The minimum absolute atomic E-state index is 0.236. The van der Waals surface area contributed by atoms with E-state index in [0.717, 1.165) is 0 Å². The Bertz CT molecular complexity index is 642. The highest BCUT2D eigenvalue weighted by Crippen LogP contribution is 2.20. The van der Waals surface area contributed by atoms with Crippen molar-refractivity contribution in [1.29, 1.82) is 0 Å². The van der Waals surface area contributed by atoms with Crippen LogP contribution >= 0.6 is 11.3 Å². The molecular weight excluding hydrogens is 254 g/mol. The van der Waals surface area contributed by atoms with Crippen molar-refractivity contribution in [3.05, 3.63) is 34.9 Å². The zero-order chi connectivity index (χ0) is 12.4. The van der Waals surface area contributed by atoms with Crippen LogP contribution in [0.5, 0.6) is 0 Å². The fraction of sp³-hybridized carbons (Fsp3) is 0. The fourth-order valence-electron chi connectivity index (χ4n) is 1.43. The van der Waals surface area contributed by atoms with Gasteiger partial charge in [-0.1, -0.05) is 0 Å². The Morgan fingerprint density at radius 2 is 2.39 bits per heavy atom. The molecule has 3 aromatic rings. The van der Waals surface area contributed by atoms with E-state index in [1.165, 1.54) is 22.3 Å². The lowest BCUT2D eigenvalue weighted by atomic mass is 10.3. The minimum Gasteiger partial charge on any atom is -0.306 e. The van der Waals surface area contributed by atoms with Gasteiger partial charge in [0.25, 0.3) is 5.91 Å². The van der Waals surface area contributed by atoms with Crippen molar-refractivity contribution in [2.75, 3.05) is 5.32 Å². The number of H-pyrrole nitrogens is 1. The first kappa shape index (κ1) is 10.6. The zero-order valence-electron chi connectivity index (χ0n) is 8.94. The first-order valence-electron chi connectivity index (χ1n) is 4.96. The summed E-state index contributed by atoms with van der Waals surface area (Å²) in [7, 11) is 0. The molecule has 0 aliphatic heterocycles. The van der Waals surface area contributed by atoms with Crippen LogP contribution in [0, 0.1) is 0 Å². The third-order valence-electron chi connectivity index (χ3n) is 2.20. The van der Waals surface area contributed by atoms with Gasteiger partial charge in [-0.3, -0.25) is 9.89 Å². The molecule has 2 N–H and O–H groups in total. The van der Waals surface area contributed by atoms with Gasteiger partial charge in [0, 0.05) is 6.07 Å². The van der Waals surface area contributed by atoms with Crippen molar-refractivity contribution < 1.29 is 4.79 Å². The summed E-state index contributed by atoms with van der Waals surface area (Å²) in [6.07, 6.45) is 3.00. The number of aromatic nitrogens is 6. The van der Waals surface area contributed by atoms with Crippen LogP contribution in [-0.4, -0.2) is 36.3 Å². The molecule has 18 heavy (non-hydrogen) atoms. The number of thiophene rings is 1. The summed E-state index contributed by atoms with van der Waals surface area (Å²) in [5.74, 6) is 0.302. The van der Waals surface area contributed by atoms with E-state index in [0.29, 0.717) is 16.4 Å². The lowest BCUT2D eigenvalue weighted by Gasteiger charge is -2.02. The quantitative estimate of drug-likeness (QED) is 0.722. The molecule has 0 aromatic carbocycles. The number of tetrazole rings is 1. The highest BCUT2D eigenvalue weighted by atomic mass is 32.1. The predicted molar refractivity (Wildman–Crippen MR) is 63.6 cm³/mol. The molecule has 0 unspecified atom stereocenters. The summed E-state index contributed by atoms with van der Waals surface area (Å²) in [4.78, 5) is 12.6. The van der Waals surface area contributed by atoms with Gasteiger partial charge in [-0.05, 0) is 21.9 Å². The second-order valence-corrected chi connectivity index (χ2v) is 4.23. The van der Waals surface area contributed by atoms with Crippen LogP contribution in [0.2, 0.25) is 0 Å². The number of rotatable bonds is 3. The Labute approximate surface area is 105 Å². The van der Waals surface area contributed by atoms with Crippen LogP contribution in [0.4, 0.5) is 5.82 Å². The van der Waals surface area contributed by atoms with E-state index in [1.54, 1.807) is 23.7 Å². The molecule has 0 radical (unpaired) electrons. The number of carbonyl (C=O) groups is 1. The number of nitrogens with one attached hydrogen (secondary N) is 2. The largest absolute Gasteiger partial charge is 0.306 e. The SMILES string of the molecule is O=C(Nc1ccn[nH]1)c1sccc1-n1cnnn1. The third kappa shape index (κ3) is 1.86. The highest BCUT2D eigenvalue weighted by molar-refractivity contribution is 7.12.